The van der Waals surface area contributed by atoms with Crippen LogP contribution in [-0.2, 0) is 16.1 Å². The van der Waals surface area contributed by atoms with Gasteiger partial charge < -0.3 is 19.3 Å². The average molecular weight is 484 g/mol. The first-order chi connectivity index (χ1) is 17.7. The number of hydrogen-bond donors (Lipinski definition) is 1. The van der Waals surface area contributed by atoms with Gasteiger partial charge in [-0.1, -0.05) is 36.4 Å². The summed E-state index contributed by atoms with van der Waals surface area (Å²) in [5, 5.41) is 8.92. The molecule has 0 radical (unpaired) electrons. The van der Waals surface area contributed by atoms with E-state index in [4.69, 9.17) is 14.8 Å². The third kappa shape index (κ3) is 4.44. The molecule has 1 saturated heterocycles. The van der Waals surface area contributed by atoms with Crippen LogP contribution in [0.5, 0.6) is 0 Å². The monoisotopic (exact) mass is 483 g/mol. The van der Waals surface area contributed by atoms with Gasteiger partial charge in [0.2, 0.25) is 5.95 Å². The Morgan fingerprint density at radius 1 is 1.03 bits per heavy atom. The lowest BCUT2D eigenvalue weighted by atomic mass is 9.92. The van der Waals surface area contributed by atoms with Crippen LogP contribution in [0.15, 0.2) is 60.9 Å². The number of benzene rings is 2. The molecule has 8 heteroatoms. The molecule has 8 nitrogen and oxygen atoms in total. The zero-order chi connectivity index (χ0) is 24.5. The molecule has 2 aliphatic heterocycles. The molecule has 0 saturated carbocycles. The van der Waals surface area contributed by atoms with Gasteiger partial charge in [0.05, 0.1) is 23.7 Å². The van der Waals surface area contributed by atoms with Crippen molar-refractivity contribution in [3.63, 3.8) is 0 Å². The van der Waals surface area contributed by atoms with Crippen LogP contribution in [0.25, 0.3) is 22.2 Å². The number of carboxylic acid groups (broad SMARTS) is 1. The number of piperidine rings is 1. The summed E-state index contributed by atoms with van der Waals surface area (Å²) in [6, 6.07) is 16.8. The summed E-state index contributed by atoms with van der Waals surface area (Å²) >= 11 is 0. The van der Waals surface area contributed by atoms with Gasteiger partial charge in [0.15, 0.2) is 0 Å². The van der Waals surface area contributed by atoms with Crippen LogP contribution in [0, 0.1) is 5.92 Å². The van der Waals surface area contributed by atoms with Crippen molar-refractivity contribution in [1.82, 2.24) is 19.5 Å². The predicted molar refractivity (Wildman–Crippen MR) is 137 cm³/mol. The van der Waals surface area contributed by atoms with Gasteiger partial charge in [-0.3, -0.25) is 4.79 Å². The molecule has 1 N–H and O–H groups in total. The van der Waals surface area contributed by atoms with E-state index < -0.39 is 5.97 Å². The molecule has 4 heterocycles. The number of nitrogens with zero attached hydrogens (tertiary/aromatic N) is 5. The number of imidazole rings is 1. The fourth-order valence-corrected chi connectivity index (χ4v) is 5.41. The Morgan fingerprint density at radius 2 is 1.81 bits per heavy atom. The predicted octanol–water partition coefficient (Wildman–Crippen LogP) is 4.69. The topological polar surface area (TPSA) is 93.4 Å². The molecule has 0 aliphatic carbocycles. The number of anilines is 1. The number of carboxylic acids is 1. The van der Waals surface area contributed by atoms with Crippen molar-refractivity contribution < 1.29 is 14.6 Å². The molecule has 1 fully saturated rings. The Balaban J connectivity index is 1.23. The van der Waals surface area contributed by atoms with Gasteiger partial charge in [-0.15, -0.1) is 0 Å². The highest BCUT2D eigenvalue weighted by molar-refractivity contribution is 5.83. The van der Waals surface area contributed by atoms with Gasteiger partial charge in [-0.05, 0) is 48.4 Å². The Hall–Kier alpha value is -3.78. The zero-order valence-corrected chi connectivity index (χ0v) is 20.1. The number of rotatable bonds is 6. The summed E-state index contributed by atoms with van der Waals surface area (Å²) in [6.45, 7) is 2.86. The van der Waals surface area contributed by atoms with E-state index in [0.717, 1.165) is 66.3 Å². The molecule has 2 aromatic carbocycles. The van der Waals surface area contributed by atoms with E-state index in [0.29, 0.717) is 19.1 Å². The maximum absolute atomic E-state index is 10.8. The standard InChI is InChI=1S/C28H29N5O3/c34-27(35)9-6-19-10-12-32(13-11-19)28-29-15-22(16-30-28)21-7-8-23-24(14-21)33-25(17-36-18-26(33)31-23)20-4-2-1-3-5-20/h1-5,7-8,14-16,19,25H,6,9-13,17-18H2,(H,34,35)/t25-/m1/s1. The van der Waals surface area contributed by atoms with Gasteiger partial charge in [0.1, 0.15) is 12.4 Å². The molecule has 184 valence electrons. The first kappa shape index (κ1) is 22.7. The Bertz CT molecular complexity index is 1360. The second-order valence-electron chi connectivity index (χ2n) is 9.68. The first-order valence-electron chi connectivity index (χ1n) is 12.6. The fraction of sp³-hybridized carbons (Fsp3) is 0.357. The number of carbonyl (C=O) groups is 1. The second-order valence-corrected chi connectivity index (χ2v) is 9.68. The number of aromatic nitrogens is 4. The largest absolute Gasteiger partial charge is 0.481 e. The highest BCUT2D eigenvalue weighted by Gasteiger charge is 2.26. The molecule has 0 bridgehead atoms. The number of hydrogen-bond acceptors (Lipinski definition) is 6. The van der Waals surface area contributed by atoms with Crippen LogP contribution in [-0.4, -0.2) is 50.3 Å². The fourth-order valence-electron chi connectivity index (χ4n) is 5.41. The molecular formula is C28H29N5O3. The molecule has 0 spiro atoms. The van der Waals surface area contributed by atoms with Crippen LogP contribution in [0.4, 0.5) is 5.95 Å². The summed E-state index contributed by atoms with van der Waals surface area (Å²) in [4.78, 5) is 27.2. The van der Waals surface area contributed by atoms with Gasteiger partial charge in [-0.25, -0.2) is 15.0 Å². The van der Waals surface area contributed by atoms with Gasteiger partial charge >= 0.3 is 5.97 Å². The van der Waals surface area contributed by atoms with Crippen molar-refractivity contribution in [3.05, 3.63) is 72.3 Å². The van der Waals surface area contributed by atoms with Crippen LogP contribution in [0.2, 0.25) is 0 Å². The molecule has 2 aromatic heterocycles. The van der Waals surface area contributed by atoms with E-state index in [1.165, 1.54) is 5.56 Å². The van der Waals surface area contributed by atoms with E-state index in [1.54, 1.807) is 0 Å². The van der Waals surface area contributed by atoms with Gasteiger partial charge in [-0.2, -0.15) is 0 Å². The third-order valence-electron chi connectivity index (χ3n) is 7.40. The first-order valence-corrected chi connectivity index (χ1v) is 12.6. The molecule has 1 atom stereocenters. The average Bonchev–Trinajstić information content (AvgIpc) is 3.31. The smallest absolute Gasteiger partial charge is 0.303 e. The highest BCUT2D eigenvalue weighted by atomic mass is 16.5. The SMILES string of the molecule is O=C(O)CCC1CCN(c2ncc(-c3ccc4nc5n(c4c3)[C@@H](c3ccccc3)COC5)cn2)CC1. The van der Waals surface area contributed by atoms with Crippen molar-refractivity contribution >= 4 is 23.0 Å². The Kier molecular flexibility index (Phi) is 6.11. The summed E-state index contributed by atoms with van der Waals surface area (Å²) in [5.74, 6) is 1.44. The number of fused-ring (bicyclic) bond motifs is 3. The molecule has 6 rings (SSSR count). The van der Waals surface area contributed by atoms with Crippen molar-refractivity contribution in [2.75, 3.05) is 24.6 Å². The van der Waals surface area contributed by atoms with Gasteiger partial charge in [0.25, 0.3) is 0 Å². The van der Waals surface area contributed by atoms with E-state index in [-0.39, 0.29) is 12.5 Å². The molecule has 2 aliphatic rings. The van der Waals surface area contributed by atoms with Crippen LogP contribution in [0.3, 0.4) is 0 Å². The molecule has 4 aromatic rings. The highest BCUT2D eigenvalue weighted by Crippen LogP contribution is 2.33. The quantitative estimate of drug-likeness (QED) is 0.425. The lowest BCUT2D eigenvalue weighted by molar-refractivity contribution is -0.137. The number of aliphatic carboxylic acids is 1. The lowest BCUT2D eigenvalue weighted by Gasteiger charge is -2.31. The Labute approximate surface area is 209 Å². The van der Waals surface area contributed by atoms with E-state index >= 15 is 0 Å². The molecule has 36 heavy (non-hydrogen) atoms. The van der Waals surface area contributed by atoms with E-state index in [2.05, 4.69) is 61.9 Å². The van der Waals surface area contributed by atoms with Crippen LogP contribution >= 0.6 is 0 Å². The van der Waals surface area contributed by atoms with Crippen molar-refractivity contribution in [3.8, 4) is 11.1 Å². The minimum absolute atomic E-state index is 0.0900. The maximum atomic E-state index is 10.8. The third-order valence-corrected chi connectivity index (χ3v) is 7.40. The molecular weight excluding hydrogens is 454 g/mol. The van der Waals surface area contributed by atoms with E-state index in [1.807, 2.05) is 18.5 Å². The summed E-state index contributed by atoms with van der Waals surface area (Å²) in [5.41, 5.74) is 5.29. The van der Waals surface area contributed by atoms with Crippen molar-refractivity contribution in [2.24, 2.45) is 5.92 Å². The normalized spacial score (nSPS) is 18.3. The maximum Gasteiger partial charge on any atom is 0.303 e. The van der Waals surface area contributed by atoms with Crippen molar-refractivity contribution in [2.45, 2.75) is 38.3 Å². The second kappa shape index (κ2) is 9.70. The van der Waals surface area contributed by atoms with Crippen LogP contribution in [0.1, 0.15) is 43.1 Å². The molecule has 0 amide bonds. The lowest BCUT2D eigenvalue weighted by Crippen LogP contribution is -2.35. The Morgan fingerprint density at radius 3 is 2.56 bits per heavy atom. The number of ether oxygens (including phenoxy) is 1. The zero-order valence-electron chi connectivity index (χ0n) is 20.1. The molecule has 0 unspecified atom stereocenters. The summed E-state index contributed by atoms with van der Waals surface area (Å²) < 4.78 is 8.18. The minimum atomic E-state index is -0.713. The van der Waals surface area contributed by atoms with Gasteiger partial charge in [0, 0.05) is 37.5 Å². The summed E-state index contributed by atoms with van der Waals surface area (Å²) in [6.07, 6.45) is 6.75. The van der Waals surface area contributed by atoms with E-state index in [9.17, 15) is 4.79 Å². The minimum Gasteiger partial charge on any atom is -0.481 e. The van der Waals surface area contributed by atoms with Crippen LogP contribution < -0.4 is 4.90 Å². The van der Waals surface area contributed by atoms with Crippen molar-refractivity contribution in [1.29, 1.82) is 0 Å². The summed E-state index contributed by atoms with van der Waals surface area (Å²) in [7, 11) is 0.